The summed E-state index contributed by atoms with van der Waals surface area (Å²) in [4.78, 5) is 28.0. The van der Waals surface area contributed by atoms with Crippen molar-refractivity contribution >= 4 is 27.7 Å². The number of aromatic nitrogens is 2. The molecule has 2 aliphatic heterocycles. The van der Waals surface area contributed by atoms with Gasteiger partial charge in [-0.25, -0.2) is 17.9 Å². The zero-order valence-corrected chi connectivity index (χ0v) is 19.8. The molecule has 1 saturated carbocycles. The number of carbonyl (C=O) groups is 2. The average molecular weight is 475 g/mol. The lowest BCUT2D eigenvalue weighted by Crippen LogP contribution is -2.56. The molecule has 5 rings (SSSR count). The van der Waals surface area contributed by atoms with Gasteiger partial charge in [0, 0.05) is 24.3 Å². The minimum absolute atomic E-state index is 0.0529. The largest absolute Gasteiger partial charge is 0.501 e. The summed E-state index contributed by atoms with van der Waals surface area (Å²) < 4.78 is 37.2. The molecule has 1 N–H and O–H groups in total. The van der Waals surface area contributed by atoms with Crippen LogP contribution < -0.4 is 4.72 Å². The molecule has 0 radical (unpaired) electrons. The number of imide groups is 1. The van der Waals surface area contributed by atoms with E-state index in [-0.39, 0.29) is 17.5 Å². The van der Waals surface area contributed by atoms with Crippen LogP contribution in [0.2, 0.25) is 0 Å². The average Bonchev–Trinajstić information content (AvgIpc) is 3.30. The quantitative estimate of drug-likeness (QED) is 0.583. The number of nitrogens with one attached hydrogen (secondary N) is 1. The van der Waals surface area contributed by atoms with Gasteiger partial charge in [-0.05, 0) is 31.9 Å². The van der Waals surface area contributed by atoms with E-state index in [0.29, 0.717) is 31.0 Å². The van der Waals surface area contributed by atoms with Crippen molar-refractivity contribution in [3.63, 3.8) is 0 Å². The summed E-state index contributed by atoms with van der Waals surface area (Å²) in [7, 11) is -1.96. The molecule has 176 valence electrons. The number of ether oxygens (including phenoxy) is 1. The number of urea groups is 1. The van der Waals surface area contributed by atoms with E-state index < -0.39 is 32.8 Å². The van der Waals surface area contributed by atoms with Gasteiger partial charge in [-0.15, -0.1) is 0 Å². The third-order valence-corrected chi connectivity index (χ3v) is 8.35. The lowest BCUT2D eigenvalue weighted by Gasteiger charge is -2.38. The van der Waals surface area contributed by atoms with Crippen molar-refractivity contribution in [2.45, 2.75) is 44.0 Å². The van der Waals surface area contributed by atoms with Crippen molar-refractivity contribution in [1.29, 1.82) is 0 Å². The first-order valence-electron chi connectivity index (χ1n) is 11.0. The van der Waals surface area contributed by atoms with Crippen molar-refractivity contribution in [3.05, 3.63) is 41.8 Å². The third-order valence-electron chi connectivity index (χ3n) is 6.57. The Kier molecular flexibility index (Phi) is 5.00. The molecule has 1 unspecified atom stereocenters. The highest BCUT2D eigenvalue weighted by Crippen LogP contribution is 2.36. The van der Waals surface area contributed by atoms with Crippen molar-refractivity contribution in [1.82, 2.24) is 19.4 Å². The molecular formula is C22H28N5O5S+. The highest BCUT2D eigenvalue weighted by Gasteiger charge is 2.50. The molecule has 10 nitrogen and oxygen atoms in total. The van der Waals surface area contributed by atoms with E-state index in [4.69, 9.17) is 4.74 Å². The van der Waals surface area contributed by atoms with Crippen LogP contribution in [0.15, 0.2) is 36.2 Å². The predicted molar refractivity (Wildman–Crippen MR) is 119 cm³/mol. The Labute approximate surface area is 192 Å². The van der Waals surface area contributed by atoms with Crippen molar-refractivity contribution in [2.24, 2.45) is 12.5 Å². The second-order valence-corrected chi connectivity index (χ2v) is 11.9. The normalized spacial score (nSPS) is 25.6. The molecule has 1 atom stereocenters. The molecular weight excluding hydrogens is 446 g/mol. The van der Waals surface area contributed by atoms with Crippen LogP contribution in [0.25, 0.3) is 0 Å². The Morgan fingerprint density at radius 3 is 2.58 bits per heavy atom. The summed E-state index contributed by atoms with van der Waals surface area (Å²) in [5.41, 5.74) is 0.720. The minimum Gasteiger partial charge on any atom is -0.380 e. The molecule has 11 heteroatoms. The van der Waals surface area contributed by atoms with Crippen LogP contribution in [0.4, 0.5) is 4.79 Å². The van der Waals surface area contributed by atoms with E-state index >= 15 is 0 Å². The van der Waals surface area contributed by atoms with Gasteiger partial charge in [0.2, 0.25) is 10.0 Å². The van der Waals surface area contributed by atoms with Crippen LogP contribution in [-0.4, -0.2) is 75.9 Å². The molecule has 4 aliphatic rings. The molecule has 2 fully saturated rings. The number of hydrogen-bond donors (Lipinski definition) is 1. The fourth-order valence-electron chi connectivity index (χ4n) is 4.32. The van der Waals surface area contributed by atoms with Gasteiger partial charge in [-0.3, -0.25) is 4.68 Å². The number of fused-ring (bicyclic) bond motifs is 1. The maximum absolute atomic E-state index is 13.4. The van der Waals surface area contributed by atoms with Gasteiger partial charge in [0.15, 0.2) is 0 Å². The van der Waals surface area contributed by atoms with Crippen LogP contribution in [0.3, 0.4) is 0 Å². The number of amides is 3. The number of sulfonamides is 1. The minimum atomic E-state index is -3.72. The fourth-order valence-corrected chi connectivity index (χ4v) is 5.95. The first kappa shape index (κ1) is 22.2. The van der Waals surface area contributed by atoms with Crippen LogP contribution >= 0.6 is 0 Å². The maximum Gasteiger partial charge on any atom is 0.501 e. The van der Waals surface area contributed by atoms with E-state index in [9.17, 15) is 18.0 Å². The van der Waals surface area contributed by atoms with Gasteiger partial charge in [-0.2, -0.15) is 19.4 Å². The zero-order valence-electron chi connectivity index (χ0n) is 18.9. The van der Waals surface area contributed by atoms with Crippen molar-refractivity contribution < 1.29 is 27.3 Å². The van der Waals surface area contributed by atoms with Gasteiger partial charge in [0.05, 0.1) is 24.8 Å². The summed E-state index contributed by atoms with van der Waals surface area (Å²) in [5.74, 6) is -0.507. The lowest BCUT2D eigenvalue weighted by molar-refractivity contribution is -0.465. The van der Waals surface area contributed by atoms with Crippen LogP contribution in [0.5, 0.6) is 0 Å². The number of rotatable bonds is 7. The van der Waals surface area contributed by atoms with Crippen molar-refractivity contribution in [2.75, 3.05) is 19.8 Å². The van der Waals surface area contributed by atoms with Gasteiger partial charge < -0.3 is 4.74 Å². The molecule has 1 aromatic heterocycles. The van der Waals surface area contributed by atoms with E-state index in [1.165, 1.54) is 12.2 Å². The predicted octanol–water partition coefficient (Wildman–Crippen LogP) is 0.709. The van der Waals surface area contributed by atoms with Gasteiger partial charge in [-0.1, -0.05) is 13.0 Å². The Balaban J connectivity index is 1.53. The van der Waals surface area contributed by atoms with Gasteiger partial charge in [0.25, 0.3) is 0 Å². The van der Waals surface area contributed by atoms with E-state index in [0.717, 1.165) is 17.7 Å². The van der Waals surface area contributed by atoms with Gasteiger partial charge in [0.1, 0.15) is 29.6 Å². The zero-order chi connectivity index (χ0) is 23.6. The summed E-state index contributed by atoms with van der Waals surface area (Å²) in [5, 5.41) is 3.13. The lowest BCUT2D eigenvalue weighted by atomic mass is 9.87. The Bertz CT molecular complexity index is 1230. The second-order valence-electron chi connectivity index (χ2n) is 10.1. The molecule has 1 aromatic rings. The number of hydrogen-bond acceptors (Lipinski definition) is 6. The first-order valence-corrected chi connectivity index (χ1v) is 12.5. The monoisotopic (exact) mass is 474 g/mol. The summed E-state index contributed by atoms with van der Waals surface area (Å²) in [6.45, 7) is 5.34. The van der Waals surface area contributed by atoms with Crippen molar-refractivity contribution in [3.8, 4) is 0 Å². The summed E-state index contributed by atoms with van der Waals surface area (Å²) in [6, 6.07) is -0.432. The number of carbonyl (C=O) groups excluding carboxylic acids is 2. The summed E-state index contributed by atoms with van der Waals surface area (Å²) >= 11 is 0. The topological polar surface area (TPSA) is 114 Å². The molecule has 2 aliphatic carbocycles. The standard InChI is InChI=1S/C22H28N5O5S/c1-21(13-32-14-21)12-27-18-5-4-16(33(30,31)24-22(2)6-7-22)8-17(18)19(28)26(20(27)29)11-15-9-23-25(3)10-15/h4-5,8-10,16,24H,6-7,11-14H2,1-3H3/q+1. The molecule has 1 saturated heterocycles. The number of nitrogens with zero attached hydrogens (tertiary/aromatic N) is 4. The molecule has 33 heavy (non-hydrogen) atoms. The van der Waals surface area contributed by atoms with Crippen LogP contribution in [-0.2, 0) is 33.1 Å². The van der Waals surface area contributed by atoms with E-state index in [2.05, 4.69) is 9.82 Å². The van der Waals surface area contributed by atoms with Gasteiger partial charge >= 0.3 is 11.9 Å². The number of aryl methyl sites for hydroxylation is 1. The van der Waals surface area contributed by atoms with E-state index in [1.54, 1.807) is 34.8 Å². The highest BCUT2D eigenvalue weighted by molar-refractivity contribution is 7.90. The third kappa shape index (κ3) is 4.09. The van der Waals surface area contributed by atoms with Crippen LogP contribution in [0.1, 0.15) is 32.3 Å². The highest BCUT2D eigenvalue weighted by atomic mass is 32.2. The van der Waals surface area contributed by atoms with E-state index in [1.807, 2.05) is 13.8 Å². The molecule has 0 aromatic carbocycles. The number of allylic oxidation sites excluding steroid dienone is 1. The molecule has 0 bridgehead atoms. The maximum atomic E-state index is 13.4. The Hall–Kier alpha value is -2.63. The Morgan fingerprint density at radius 2 is 2.00 bits per heavy atom. The SMILES string of the molecule is Cn1cc(CN2C(=O)C3=CC(S(=O)(=O)NC4(C)CC4)C=CC3=[N+](CC3(C)COC3)C2=O)cn1. The smallest absolute Gasteiger partial charge is 0.380 e. The molecule has 3 heterocycles. The first-order chi connectivity index (χ1) is 15.5. The fraction of sp³-hybridized carbons (Fsp3) is 0.545. The Morgan fingerprint density at radius 1 is 1.27 bits per heavy atom. The molecule has 3 amide bonds. The molecule has 0 spiro atoms. The summed E-state index contributed by atoms with van der Waals surface area (Å²) in [6.07, 6.45) is 9.52. The van der Waals surface area contributed by atoms with Crippen LogP contribution in [0, 0.1) is 5.41 Å². The second kappa shape index (κ2) is 7.44.